The molecule has 5 heteroatoms. The third-order valence-corrected chi connectivity index (χ3v) is 2.83. The minimum absolute atomic E-state index is 0.387. The molecule has 0 aliphatic rings. The molecule has 0 fully saturated rings. The largest absolute Gasteiger partial charge is 0.495 e. The zero-order chi connectivity index (χ0) is 14.4. The molecule has 1 aromatic heterocycles. The fourth-order valence-corrected chi connectivity index (χ4v) is 1.78. The number of nitrogens with zero attached hydrogens (tertiary/aromatic N) is 1. The van der Waals surface area contributed by atoms with Crippen molar-refractivity contribution >= 4 is 11.7 Å². The number of pyridine rings is 1. The molecule has 0 unspecified atom stereocenters. The van der Waals surface area contributed by atoms with Crippen LogP contribution in [-0.2, 0) is 11.3 Å². The van der Waals surface area contributed by atoms with E-state index in [4.69, 9.17) is 4.74 Å². The highest BCUT2D eigenvalue weighted by atomic mass is 16.5. The van der Waals surface area contributed by atoms with Crippen LogP contribution in [0.5, 0.6) is 5.75 Å². The Morgan fingerprint density at radius 3 is 2.80 bits per heavy atom. The monoisotopic (exact) mass is 272 g/mol. The van der Waals surface area contributed by atoms with Gasteiger partial charge in [-0.15, -0.1) is 0 Å². The van der Waals surface area contributed by atoms with E-state index in [1.807, 2.05) is 12.1 Å². The Morgan fingerprint density at radius 1 is 1.30 bits per heavy atom. The van der Waals surface area contributed by atoms with E-state index in [0.29, 0.717) is 17.9 Å². The van der Waals surface area contributed by atoms with Gasteiger partial charge in [0, 0.05) is 18.9 Å². The third kappa shape index (κ3) is 3.26. The van der Waals surface area contributed by atoms with Gasteiger partial charge in [-0.1, -0.05) is 6.07 Å². The number of methoxy groups -OCH3 is 2. The third-order valence-electron chi connectivity index (χ3n) is 2.83. The molecule has 0 saturated carbocycles. The molecule has 1 aromatic carbocycles. The molecule has 0 aliphatic heterocycles. The van der Waals surface area contributed by atoms with Gasteiger partial charge in [0.25, 0.3) is 0 Å². The van der Waals surface area contributed by atoms with Crippen LogP contribution in [-0.4, -0.2) is 25.2 Å². The molecule has 0 amide bonds. The fraction of sp³-hybridized carbons (Fsp3) is 0.200. The van der Waals surface area contributed by atoms with E-state index in [-0.39, 0.29) is 5.97 Å². The summed E-state index contributed by atoms with van der Waals surface area (Å²) in [5, 5.41) is 3.25. The Morgan fingerprint density at radius 2 is 2.15 bits per heavy atom. The molecule has 0 bridgehead atoms. The highest BCUT2D eigenvalue weighted by molar-refractivity contribution is 5.90. The first-order valence-electron chi connectivity index (χ1n) is 6.13. The van der Waals surface area contributed by atoms with Gasteiger partial charge < -0.3 is 14.8 Å². The van der Waals surface area contributed by atoms with E-state index in [1.54, 1.807) is 37.7 Å². The summed E-state index contributed by atoms with van der Waals surface area (Å²) in [6, 6.07) is 9.00. The van der Waals surface area contributed by atoms with Gasteiger partial charge in [0.05, 0.1) is 25.5 Å². The van der Waals surface area contributed by atoms with Crippen LogP contribution in [0, 0.1) is 0 Å². The summed E-state index contributed by atoms with van der Waals surface area (Å²) in [6.45, 7) is 0.627. The first kappa shape index (κ1) is 13.9. The lowest BCUT2D eigenvalue weighted by molar-refractivity contribution is 0.0600. The zero-order valence-corrected chi connectivity index (χ0v) is 11.4. The van der Waals surface area contributed by atoms with Crippen molar-refractivity contribution < 1.29 is 14.3 Å². The van der Waals surface area contributed by atoms with Crippen molar-refractivity contribution in [2.45, 2.75) is 6.54 Å². The van der Waals surface area contributed by atoms with Crippen LogP contribution >= 0.6 is 0 Å². The Bertz CT molecular complexity index is 585. The van der Waals surface area contributed by atoms with Gasteiger partial charge >= 0.3 is 5.97 Å². The van der Waals surface area contributed by atoms with E-state index in [1.165, 1.54) is 7.11 Å². The highest BCUT2D eigenvalue weighted by Gasteiger charge is 2.10. The molecule has 1 heterocycles. The number of benzene rings is 1. The summed E-state index contributed by atoms with van der Waals surface area (Å²) in [5.74, 6) is 0.207. The number of carbonyl (C=O) groups excluding carboxylic acids is 1. The van der Waals surface area contributed by atoms with Crippen LogP contribution in [0.2, 0.25) is 0 Å². The predicted molar refractivity (Wildman–Crippen MR) is 75.9 cm³/mol. The van der Waals surface area contributed by atoms with Gasteiger partial charge in [-0.2, -0.15) is 0 Å². The molecule has 1 N–H and O–H groups in total. The minimum atomic E-state index is -0.387. The second kappa shape index (κ2) is 6.56. The molecule has 2 rings (SSSR count). The highest BCUT2D eigenvalue weighted by Crippen LogP contribution is 2.26. The summed E-state index contributed by atoms with van der Waals surface area (Å²) in [4.78, 5) is 15.5. The van der Waals surface area contributed by atoms with E-state index in [0.717, 1.165) is 11.3 Å². The van der Waals surface area contributed by atoms with Crippen molar-refractivity contribution in [1.82, 2.24) is 4.98 Å². The second-order valence-electron chi connectivity index (χ2n) is 4.12. The molecular weight excluding hydrogens is 256 g/mol. The lowest BCUT2D eigenvalue weighted by Crippen LogP contribution is -2.05. The van der Waals surface area contributed by atoms with Crippen LogP contribution in [0.3, 0.4) is 0 Å². The number of nitrogens with one attached hydrogen (secondary N) is 1. The quantitative estimate of drug-likeness (QED) is 0.847. The first-order valence-corrected chi connectivity index (χ1v) is 6.13. The summed E-state index contributed by atoms with van der Waals surface area (Å²) in [5.41, 5.74) is 2.33. The smallest absolute Gasteiger partial charge is 0.337 e. The van der Waals surface area contributed by atoms with Gasteiger partial charge in [0.15, 0.2) is 0 Å². The molecule has 0 atom stereocenters. The molecule has 20 heavy (non-hydrogen) atoms. The second-order valence-corrected chi connectivity index (χ2v) is 4.12. The molecule has 104 valence electrons. The van der Waals surface area contributed by atoms with Crippen LogP contribution in [0.4, 0.5) is 5.69 Å². The van der Waals surface area contributed by atoms with Crippen LogP contribution in [0.15, 0.2) is 42.7 Å². The Balaban J connectivity index is 2.13. The van der Waals surface area contributed by atoms with Crippen LogP contribution in [0.1, 0.15) is 15.9 Å². The number of hydrogen-bond donors (Lipinski definition) is 1. The number of hydrogen-bond acceptors (Lipinski definition) is 5. The van der Waals surface area contributed by atoms with E-state index < -0.39 is 0 Å². The van der Waals surface area contributed by atoms with Crippen LogP contribution in [0.25, 0.3) is 0 Å². The van der Waals surface area contributed by atoms with Gasteiger partial charge in [0.2, 0.25) is 0 Å². The van der Waals surface area contributed by atoms with E-state index in [9.17, 15) is 4.79 Å². The number of esters is 1. The van der Waals surface area contributed by atoms with Crippen molar-refractivity contribution in [2.24, 2.45) is 0 Å². The average molecular weight is 272 g/mol. The summed E-state index contributed by atoms with van der Waals surface area (Å²) >= 11 is 0. The van der Waals surface area contributed by atoms with E-state index >= 15 is 0 Å². The summed E-state index contributed by atoms with van der Waals surface area (Å²) < 4.78 is 9.96. The molecule has 5 nitrogen and oxygen atoms in total. The Kier molecular flexibility index (Phi) is 4.55. The number of carbonyl (C=O) groups is 1. The average Bonchev–Trinajstić information content (AvgIpc) is 2.53. The predicted octanol–water partition coefficient (Wildman–Crippen LogP) is 2.49. The minimum Gasteiger partial charge on any atom is -0.495 e. The molecular formula is C15H16N2O3. The normalized spacial score (nSPS) is 9.90. The lowest BCUT2D eigenvalue weighted by Gasteiger charge is -2.12. The fourth-order valence-electron chi connectivity index (χ4n) is 1.78. The number of ether oxygens (including phenoxy) is 2. The van der Waals surface area contributed by atoms with Crippen LogP contribution < -0.4 is 10.1 Å². The molecule has 0 saturated heterocycles. The number of anilines is 1. The van der Waals surface area contributed by atoms with E-state index in [2.05, 4.69) is 15.0 Å². The lowest BCUT2D eigenvalue weighted by atomic mass is 10.2. The molecule has 0 aliphatic carbocycles. The first-order chi connectivity index (χ1) is 9.74. The molecule has 0 radical (unpaired) electrons. The Hall–Kier alpha value is -2.56. The zero-order valence-electron chi connectivity index (χ0n) is 11.4. The topological polar surface area (TPSA) is 60.5 Å². The van der Waals surface area contributed by atoms with Crippen molar-refractivity contribution in [3.8, 4) is 5.75 Å². The van der Waals surface area contributed by atoms with Crippen molar-refractivity contribution in [3.63, 3.8) is 0 Å². The maximum atomic E-state index is 11.5. The van der Waals surface area contributed by atoms with Crippen molar-refractivity contribution in [2.75, 3.05) is 19.5 Å². The van der Waals surface area contributed by atoms with Crippen molar-refractivity contribution in [3.05, 3.63) is 53.9 Å². The number of rotatable bonds is 5. The Labute approximate surface area is 117 Å². The maximum Gasteiger partial charge on any atom is 0.337 e. The maximum absolute atomic E-state index is 11.5. The summed E-state index contributed by atoms with van der Waals surface area (Å²) in [7, 11) is 2.91. The standard InChI is InChI=1S/C15H16N2O3/c1-19-14-8-12(15(18)20-2)5-6-13(14)17-10-11-4-3-7-16-9-11/h3-9,17H,10H2,1-2H3. The summed E-state index contributed by atoms with van der Waals surface area (Å²) in [6.07, 6.45) is 3.53. The van der Waals surface area contributed by atoms with Crippen molar-refractivity contribution in [1.29, 1.82) is 0 Å². The van der Waals surface area contributed by atoms with Gasteiger partial charge in [-0.3, -0.25) is 4.98 Å². The van der Waals surface area contributed by atoms with Gasteiger partial charge in [-0.25, -0.2) is 4.79 Å². The molecule has 0 spiro atoms. The number of aromatic nitrogens is 1. The van der Waals surface area contributed by atoms with Gasteiger partial charge in [-0.05, 0) is 29.8 Å². The molecule has 2 aromatic rings. The van der Waals surface area contributed by atoms with Gasteiger partial charge in [0.1, 0.15) is 5.75 Å². The SMILES string of the molecule is COC(=O)c1ccc(NCc2cccnc2)c(OC)c1.